The summed E-state index contributed by atoms with van der Waals surface area (Å²) >= 11 is 0. The van der Waals surface area contributed by atoms with Gasteiger partial charge in [-0.25, -0.2) is 4.98 Å². The molecule has 2 aromatic rings. The fourth-order valence-electron chi connectivity index (χ4n) is 3.09. The van der Waals surface area contributed by atoms with Crippen LogP contribution in [0.15, 0.2) is 29.1 Å². The maximum absolute atomic E-state index is 5.76. The first kappa shape index (κ1) is 13.4. The molecule has 0 spiro atoms. The first-order valence-electron chi connectivity index (χ1n) is 7.49. The van der Waals surface area contributed by atoms with Crippen LogP contribution in [-0.2, 0) is 0 Å². The van der Waals surface area contributed by atoms with E-state index in [9.17, 15) is 0 Å². The van der Waals surface area contributed by atoms with Crippen LogP contribution >= 0.6 is 0 Å². The molecule has 1 saturated heterocycles. The number of aryl methyl sites for hydroxylation is 1. The van der Waals surface area contributed by atoms with Gasteiger partial charge >= 0.3 is 0 Å². The summed E-state index contributed by atoms with van der Waals surface area (Å²) in [6.07, 6.45) is 7.62. The standard InChI is InChI=1S/C16H23N3O/c1-11-5-4-6-14(18-11)15-9-17-10-19(15)13(3)16-8-7-12(2)20-16/h7-11,13-14,18H,4-6H2,1-3H3. The molecule has 108 valence electrons. The van der Waals surface area contributed by atoms with Crippen molar-refractivity contribution in [3.8, 4) is 0 Å². The zero-order chi connectivity index (χ0) is 14.1. The van der Waals surface area contributed by atoms with E-state index in [-0.39, 0.29) is 6.04 Å². The highest BCUT2D eigenvalue weighted by atomic mass is 16.3. The summed E-state index contributed by atoms with van der Waals surface area (Å²) in [7, 11) is 0. The molecule has 0 amide bonds. The molecular formula is C16H23N3O. The first-order chi connectivity index (χ1) is 9.65. The molecule has 0 aromatic carbocycles. The lowest BCUT2D eigenvalue weighted by Crippen LogP contribution is -2.35. The number of piperidine rings is 1. The van der Waals surface area contributed by atoms with E-state index >= 15 is 0 Å². The van der Waals surface area contributed by atoms with E-state index in [4.69, 9.17) is 4.42 Å². The molecule has 1 aliphatic heterocycles. The zero-order valence-corrected chi connectivity index (χ0v) is 12.5. The van der Waals surface area contributed by atoms with E-state index in [2.05, 4.69) is 34.8 Å². The monoisotopic (exact) mass is 273 g/mol. The van der Waals surface area contributed by atoms with Gasteiger partial charge in [-0.2, -0.15) is 0 Å². The molecule has 1 aliphatic rings. The molecular weight excluding hydrogens is 250 g/mol. The fourth-order valence-corrected chi connectivity index (χ4v) is 3.09. The summed E-state index contributed by atoms with van der Waals surface area (Å²) in [6.45, 7) is 6.40. The Bertz CT molecular complexity index is 572. The van der Waals surface area contributed by atoms with Gasteiger partial charge in [0.05, 0.1) is 18.1 Å². The molecule has 3 rings (SSSR count). The number of furan rings is 1. The van der Waals surface area contributed by atoms with Gasteiger partial charge in [-0.1, -0.05) is 0 Å². The van der Waals surface area contributed by atoms with Gasteiger partial charge in [0.15, 0.2) is 0 Å². The van der Waals surface area contributed by atoms with Crippen molar-refractivity contribution in [1.82, 2.24) is 14.9 Å². The third kappa shape index (κ3) is 2.52. The van der Waals surface area contributed by atoms with Crippen LogP contribution in [0.25, 0.3) is 0 Å². The quantitative estimate of drug-likeness (QED) is 0.929. The molecule has 0 radical (unpaired) electrons. The molecule has 3 heterocycles. The molecule has 4 heteroatoms. The van der Waals surface area contributed by atoms with Crippen molar-refractivity contribution >= 4 is 0 Å². The number of hydrogen-bond donors (Lipinski definition) is 1. The second kappa shape index (κ2) is 5.44. The number of hydrogen-bond acceptors (Lipinski definition) is 3. The van der Waals surface area contributed by atoms with Crippen LogP contribution in [0.3, 0.4) is 0 Å². The van der Waals surface area contributed by atoms with Crippen LogP contribution in [0, 0.1) is 6.92 Å². The largest absolute Gasteiger partial charge is 0.464 e. The smallest absolute Gasteiger partial charge is 0.126 e. The van der Waals surface area contributed by atoms with Crippen molar-refractivity contribution in [3.05, 3.63) is 41.9 Å². The summed E-state index contributed by atoms with van der Waals surface area (Å²) < 4.78 is 7.99. The van der Waals surface area contributed by atoms with Crippen LogP contribution in [-0.4, -0.2) is 15.6 Å². The van der Waals surface area contributed by atoms with Crippen LogP contribution in [0.4, 0.5) is 0 Å². The predicted octanol–water partition coefficient (Wildman–Crippen LogP) is 3.60. The predicted molar refractivity (Wildman–Crippen MR) is 78.7 cm³/mol. The van der Waals surface area contributed by atoms with Crippen LogP contribution < -0.4 is 5.32 Å². The van der Waals surface area contributed by atoms with E-state index in [0.29, 0.717) is 12.1 Å². The minimum atomic E-state index is 0.181. The Kier molecular flexibility index (Phi) is 3.66. The molecule has 3 atom stereocenters. The normalized spacial score (nSPS) is 24.8. The Hall–Kier alpha value is -1.55. The van der Waals surface area contributed by atoms with Gasteiger partial charge in [0.25, 0.3) is 0 Å². The highest BCUT2D eigenvalue weighted by Crippen LogP contribution is 2.29. The molecule has 2 aromatic heterocycles. The van der Waals surface area contributed by atoms with E-state index < -0.39 is 0 Å². The molecule has 4 nitrogen and oxygen atoms in total. The van der Waals surface area contributed by atoms with Crippen molar-refractivity contribution in [2.75, 3.05) is 0 Å². The van der Waals surface area contributed by atoms with Crippen LogP contribution in [0.1, 0.15) is 62.4 Å². The minimum absolute atomic E-state index is 0.181. The highest BCUT2D eigenvalue weighted by Gasteiger charge is 2.24. The number of imidazole rings is 1. The number of nitrogens with one attached hydrogen (secondary N) is 1. The Morgan fingerprint density at radius 1 is 1.40 bits per heavy atom. The second-order valence-electron chi connectivity index (χ2n) is 5.90. The molecule has 0 saturated carbocycles. The lowest BCUT2D eigenvalue weighted by Gasteiger charge is -2.30. The summed E-state index contributed by atoms with van der Waals surface area (Å²) in [4.78, 5) is 4.36. The maximum Gasteiger partial charge on any atom is 0.126 e. The van der Waals surface area contributed by atoms with Gasteiger partial charge in [-0.15, -0.1) is 0 Å². The Balaban J connectivity index is 1.86. The van der Waals surface area contributed by atoms with Gasteiger partial charge < -0.3 is 14.3 Å². The summed E-state index contributed by atoms with van der Waals surface area (Å²) in [5.74, 6) is 1.95. The van der Waals surface area contributed by atoms with Gasteiger partial charge in [-0.05, 0) is 52.2 Å². The zero-order valence-electron chi connectivity index (χ0n) is 12.5. The second-order valence-corrected chi connectivity index (χ2v) is 5.90. The van der Waals surface area contributed by atoms with Gasteiger partial charge in [-0.3, -0.25) is 0 Å². The van der Waals surface area contributed by atoms with Crippen molar-refractivity contribution in [2.45, 2.75) is 58.2 Å². The highest BCUT2D eigenvalue weighted by molar-refractivity contribution is 5.15. The topological polar surface area (TPSA) is 43.0 Å². The minimum Gasteiger partial charge on any atom is -0.464 e. The van der Waals surface area contributed by atoms with Crippen molar-refractivity contribution in [1.29, 1.82) is 0 Å². The average Bonchev–Trinajstić information content (AvgIpc) is 3.06. The third-order valence-corrected chi connectivity index (χ3v) is 4.26. The average molecular weight is 273 g/mol. The third-order valence-electron chi connectivity index (χ3n) is 4.26. The van der Waals surface area contributed by atoms with Crippen LogP contribution in [0.2, 0.25) is 0 Å². The molecule has 0 aliphatic carbocycles. The SMILES string of the molecule is Cc1ccc(C(C)n2cncc2C2CCCC(C)N2)o1. The maximum atomic E-state index is 5.76. The lowest BCUT2D eigenvalue weighted by molar-refractivity contribution is 0.323. The Morgan fingerprint density at radius 3 is 2.95 bits per heavy atom. The number of rotatable bonds is 3. The number of nitrogens with zero attached hydrogens (tertiary/aromatic N) is 2. The summed E-state index contributed by atoms with van der Waals surface area (Å²) in [5, 5.41) is 3.68. The molecule has 0 bridgehead atoms. The van der Waals surface area contributed by atoms with Gasteiger partial charge in [0, 0.05) is 18.3 Å². The Morgan fingerprint density at radius 2 is 2.25 bits per heavy atom. The van der Waals surface area contributed by atoms with Crippen LogP contribution in [0.5, 0.6) is 0 Å². The van der Waals surface area contributed by atoms with Gasteiger partial charge in [0.2, 0.25) is 0 Å². The first-order valence-corrected chi connectivity index (χ1v) is 7.49. The van der Waals surface area contributed by atoms with E-state index in [1.165, 1.54) is 25.0 Å². The summed E-state index contributed by atoms with van der Waals surface area (Å²) in [6, 6.07) is 5.24. The van der Waals surface area contributed by atoms with Crippen molar-refractivity contribution in [3.63, 3.8) is 0 Å². The fraction of sp³-hybridized carbons (Fsp3) is 0.562. The van der Waals surface area contributed by atoms with E-state index in [1.54, 1.807) is 0 Å². The van der Waals surface area contributed by atoms with Crippen molar-refractivity contribution < 1.29 is 4.42 Å². The van der Waals surface area contributed by atoms with E-state index in [0.717, 1.165) is 11.5 Å². The molecule has 1 N–H and O–H groups in total. The molecule has 1 fully saturated rings. The number of aromatic nitrogens is 2. The Labute approximate surface area is 120 Å². The van der Waals surface area contributed by atoms with E-state index in [1.807, 2.05) is 25.5 Å². The van der Waals surface area contributed by atoms with Crippen molar-refractivity contribution in [2.24, 2.45) is 0 Å². The summed E-state index contributed by atoms with van der Waals surface area (Å²) in [5.41, 5.74) is 1.26. The molecule has 3 unspecified atom stereocenters. The molecule has 20 heavy (non-hydrogen) atoms. The van der Waals surface area contributed by atoms with Gasteiger partial charge in [0.1, 0.15) is 11.5 Å². The lowest BCUT2D eigenvalue weighted by atomic mass is 9.97.